The number of ether oxygens (including phenoxy) is 1. The summed E-state index contributed by atoms with van der Waals surface area (Å²) in [4.78, 5) is 17.4. The van der Waals surface area contributed by atoms with Crippen molar-refractivity contribution in [1.82, 2.24) is 24.4 Å². The first-order valence-corrected chi connectivity index (χ1v) is 10.8. The van der Waals surface area contributed by atoms with Gasteiger partial charge < -0.3 is 20.9 Å². The molecule has 1 unspecified atom stereocenters. The number of aliphatic hydroxyl groups excluding tert-OH is 1. The fourth-order valence-corrected chi connectivity index (χ4v) is 3.79. The number of nitrogens with zero attached hydrogens (tertiary/aromatic N) is 5. The number of methoxy groups -OCH3 is 1. The SMILES string of the molecule is CCCC(O)Cn1cc(NC(=O)c2c(N)nn3cccnc23)c(-c2cc(Cl)ccc2OC)n1. The molecule has 0 fully saturated rings. The highest BCUT2D eigenvalue weighted by molar-refractivity contribution is 6.31. The number of fused-ring (bicyclic) bond motifs is 1. The van der Waals surface area contributed by atoms with Gasteiger partial charge in [0, 0.05) is 29.2 Å². The maximum Gasteiger partial charge on any atom is 0.263 e. The Kier molecular flexibility index (Phi) is 6.47. The van der Waals surface area contributed by atoms with E-state index in [0.717, 1.165) is 6.42 Å². The van der Waals surface area contributed by atoms with E-state index < -0.39 is 12.0 Å². The molecule has 0 aliphatic rings. The molecule has 4 rings (SSSR count). The number of hydrogen-bond donors (Lipinski definition) is 3. The Labute approximate surface area is 194 Å². The van der Waals surface area contributed by atoms with Crippen LogP contribution in [0.4, 0.5) is 11.5 Å². The Morgan fingerprint density at radius 3 is 2.94 bits per heavy atom. The largest absolute Gasteiger partial charge is 0.496 e. The molecular weight excluding hydrogens is 446 g/mol. The lowest BCUT2D eigenvalue weighted by atomic mass is 10.1. The minimum absolute atomic E-state index is 0.0545. The number of amides is 1. The van der Waals surface area contributed by atoms with Crippen LogP contribution >= 0.6 is 11.6 Å². The third kappa shape index (κ3) is 4.62. The van der Waals surface area contributed by atoms with Crippen LogP contribution in [0.15, 0.2) is 42.9 Å². The summed E-state index contributed by atoms with van der Waals surface area (Å²) in [6.07, 6.45) is 5.76. The van der Waals surface area contributed by atoms with E-state index in [1.165, 1.54) is 4.52 Å². The molecule has 4 N–H and O–H groups in total. The minimum atomic E-state index is -0.577. The number of carbonyl (C=O) groups excluding carboxylic acids is 1. The summed E-state index contributed by atoms with van der Waals surface area (Å²) in [5, 5.41) is 22.4. The Morgan fingerprint density at radius 1 is 1.36 bits per heavy atom. The lowest BCUT2D eigenvalue weighted by molar-refractivity contribution is 0.102. The van der Waals surface area contributed by atoms with Crippen molar-refractivity contribution in [3.8, 4) is 17.0 Å². The number of halogens is 1. The van der Waals surface area contributed by atoms with Crippen molar-refractivity contribution in [3.05, 3.63) is 53.4 Å². The molecule has 1 aromatic carbocycles. The van der Waals surface area contributed by atoms with Gasteiger partial charge in [-0.1, -0.05) is 24.9 Å². The summed E-state index contributed by atoms with van der Waals surface area (Å²) >= 11 is 6.23. The third-order valence-corrected chi connectivity index (χ3v) is 5.33. The molecule has 33 heavy (non-hydrogen) atoms. The van der Waals surface area contributed by atoms with Crippen LogP contribution < -0.4 is 15.8 Å². The number of nitrogen functional groups attached to an aromatic ring is 1. The molecule has 0 saturated heterocycles. The molecule has 172 valence electrons. The van der Waals surface area contributed by atoms with Gasteiger partial charge in [-0.25, -0.2) is 9.50 Å². The van der Waals surface area contributed by atoms with E-state index >= 15 is 0 Å². The van der Waals surface area contributed by atoms with Crippen LogP contribution in [-0.2, 0) is 6.54 Å². The Morgan fingerprint density at radius 2 is 2.18 bits per heavy atom. The van der Waals surface area contributed by atoms with Gasteiger partial charge in [-0.3, -0.25) is 9.48 Å². The molecule has 0 radical (unpaired) electrons. The third-order valence-electron chi connectivity index (χ3n) is 5.10. The van der Waals surface area contributed by atoms with E-state index in [-0.39, 0.29) is 17.9 Å². The summed E-state index contributed by atoms with van der Waals surface area (Å²) in [6.45, 7) is 2.26. The van der Waals surface area contributed by atoms with Gasteiger partial charge in [0.2, 0.25) is 0 Å². The summed E-state index contributed by atoms with van der Waals surface area (Å²) in [5.74, 6) is 0.0994. The molecule has 0 aliphatic carbocycles. The molecule has 3 heterocycles. The highest BCUT2D eigenvalue weighted by Crippen LogP contribution is 2.36. The molecular formula is C22H24ClN7O3. The predicted octanol–water partition coefficient (Wildman–Crippen LogP) is 3.25. The molecule has 10 nitrogen and oxygen atoms in total. The maximum absolute atomic E-state index is 13.2. The average molecular weight is 470 g/mol. The standard InChI is InChI=1S/C22H24ClN7O3/c1-3-5-14(31)11-29-12-16(19(27-29)15-10-13(23)6-7-17(15)33-2)26-22(32)18-20(24)28-30-9-4-8-25-21(18)30/h4,6-10,12,14,31H,3,5,11H2,1-2H3,(H2,24,28)(H,26,32). The number of benzene rings is 1. The Bertz CT molecular complexity index is 1300. The summed E-state index contributed by atoms with van der Waals surface area (Å²) in [6, 6.07) is 6.82. The summed E-state index contributed by atoms with van der Waals surface area (Å²) in [5.41, 5.74) is 7.92. The Balaban J connectivity index is 1.76. The first kappa shape index (κ1) is 22.6. The quantitative estimate of drug-likeness (QED) is 0.360. The molecule has 0 spiro atoms. The highest BCUT2D eigenvalue weighted by atomic mass is 35.5. The second-order valence-corrected chi connectivity index (χ2v) is 7.94. The van der Waals surface area contributed by atoms with Crippen molar-refractivity contribution in [2.75, 3.05) is 18.2 Å². The number of aromatic nitrogens is 5. The van der Waals surface area contributed by atoms with Gasteiger partial charge >= 0.3 is 0 Å². The van der Waals surface area contributed by atoms with Gasteiger partial charge in [0.25, 0.3) is 5.91 Å². The van der Waals surface area contributed by atoms with Crippen LogP contribution in [0.3, 0.4) is 0 Å². The van der Waals surface area contributed by atoms with Gasteiger partial charge in [-0.05, 0) is 30.7 Å². The van der Waals surface area contributed by atoms with Crippen LogP contribution in [0, 0.1) is 0 Å². The van der Waals surface area contributed by atoms with Crippen molar-refractivity contribution < 1.29 is 14.6 Å². The first-order chi connectivity index (χ1) is 15.9. The predicted molar refractivity (Wildman–Crippen MR) is 125 cm³/mol. The zero-order valence-electron chi connectivity index (χ0n) is 18.2. The Hall–Kier alpha value is -3.63. The topological polar surface area (TPSA) is 133 Å². The molecule has 0 aliphatic heterocycles. The van der Waals surface area contributed by atoms with E-state index in [4.69, 9.17) is 22.1 Å². The van der Waals surface area contributed by atoms with Crippen molar-refractivity contribution in [2.45, 2.75) is 32.4 Å². The molecule has 4 aromatic rings. The fourth-order valence-electron chi connectivity index (χ4n) is 3.62. The average Bonchev–Trinajstić information content (AvgIpc) is 3.33. The zero-order valence-corrected chi connectivity index (χ0v) is 19.0. The van der Waals surface area contributed by atoms with Crippen molar-refractivity contribution in [1.29, 1.82) is 0 Å². The van der Waals surface area contributed by atoms with Gasteiger partial charge in [-0.2, -0.15) is 5.10 Å². The molecule has 0 saturated carbocycles. The number of nitrogens with two attached hydrogens (primary N) is 1. The van der Waals surface area contributed by atoms with Crippen molar-refractivity contribution in [3.63, 3.8) is 0 Å². The molecule has 11 heteroatoms. The number of hydrogen-bond acceptors (Lipinski definition) is 7. The van der Waals surface area contributed by atoms with Gasteiger partial charge in [0.15, 0.2) is 11.5 Å². The molecule has 1 amide bonds. The minimum Gasteiger partial charge on any atom is -0.496 e. The van der Waals surface area contributed by atoms with E-state index in [9.17, 15) is 9.90 Å². The number of nitrogens with one attached hydrogen (secondary N) is 1. The normalized spacial score (nSPS) is 12.1. The number of rotatable bonds is 8. The highest BCUT2D eigenvalue weighted by Gasteiger charge is 2.23. The van der Waals surface area contributed by atoms with E-state index in [2.05, 4.69) is 20.5 Å². The lowest BCUT2D eigenvalue weighted by Gasteiger charge is -2.10. The number of carbonyl (C=O) groups is 1. The van der Waals surface area contributed by atoms with E-state index in [1.807, 2.05) is 6.92 Å². The van der Waals surface area contributed by atoms with Gasteiger partial charge in [0.05, 0.1) is 25.4 Å². The maximum atomic E-state index is 13.2. The second-order valence-electron chi connectivity index (χ2n) is 7.50. The first-order valence-electron chi connectivity index (χ1n) is 10.4. The zero-order chi connectivity index (χ0) is 23.5. The van der Waals surface area contributed by atoms with Crippen molar-refractivity contribution in [2.24, 2.45) is 0 Å². The monoisotopic (exact) mass is 469 g/mol. The fraction of sp³-hybridized carbons (Fsp3) is 0.273. The smallest absolute Gasteiger partial charge is 0.263 e. The molecule has 1 atom stereocenters. The number of anilines is 2. The summed E-state index contributed by atoms with van der Waals surface area (Å²) < 4.78 is 8.51. The lowest BCUT2D eigenvalue weighted by Crippen LogP contribution is -2.16. The molecule has 0 bridgehead atoms. The number of aliphatic hydroxyl groups is 1. The molecule has 3 aromatic heterocycles. The van der Waals surface area contributed by atoms with E-state index in [0.29, 0.717) is 39.8 Å². The van der Waals surface area contributed by atoms with Gasteiger partial charge in [0.1, 0.15) is 17.0 Å². The van der Waals surface area contributed by atoms with Crippen LogP contribution in [-0.4, -0.2) is 48.6 Å². The van der Waals surface area contributed by atoms with Crippen LogP contribution in [0.2, 0.25) is 5.02 Å². The van der Waals surface area contributed by atoms with E-state index in [1.54, 1.807) is 54.6 Å². The van der Waals surface area contributed by atoms with Gasteiger partial charge in [-0.15, -0.1) is 5.10 Å². The van der Waals surface area contributed by atoms with Crippen LogP contribution in [0.5, 0.6) is 5.75 Å². The second kappa shape index (κ2) is 9.47. The van der Waals surface area contributed by atoms with Crippen molar-refractivity contribution >= 4 is 34.7 Å². The van der Waals surface area contributed by atoms with Crippen LogP contribution in [0.1, 0.15) is 30.1 Å². The van der Waals surface area contributed by atoms with Crippen LogP contribution in [0.25, 0.3) is 16.9 Å². The summed E-state index contributed by atoms with van der Waals surface area (Å²) in [7, 11) is 1.54.